The van der Waals surface area contributed by atoms with Crippen LogP contribution < -0.4 is 11.1 Å². The molecule has 1 aromatic rings. The molecule has 6 rings (SSSR count). The van der Waals surface area contributed by atoms with Gasteiger partial charge in [-0.15, -0.1) is 0 Å². The quantitative estimate of drug-likeness (QED) is 0.765. The molecule has 0 aromatic heterocycles. The van der Waals surface area contributed by atoms with Crippen LogP contribution in [0.3, 0.4) is 0 Å². The zero-order valence-electron chi connectivity index (χ0n) is 13.9. The first kappa shape index (κ1) is 14.3. The Morgan fingerprint density at radius 2 is 1.80 bits per heavy atom. The van der Waals surface area contributed by atoms with Crippen LogP contribution in [-0.2, 0) is 0 Å². The van der Waals surface area contributed by atoms with Crippen LogP contribution in [0, 0.1) is 47.3 Å². The van der Waals surface area contributed by atoms with Crippen molar-refractivity contribution < 1.29 is 14.7 Å². The lowest BCUT2D eigenvalue weighted by Gasteiger charge is -2.51. The fourth-order valence-corrected chi connectivity index (χ4v) is 8.10. The molecule has 0 radical (unpaired) electrons. The summed E-state index contributed by atoms with van der Waals surface area (Å²) in [4.78, 5) is 23.8. The van der Waals surface area contributed by atoms with Crippen molar-refractivity contribution in [2.45, 2.75) is 18.4 Å². The summed E-state index contributed by atoms with van der Waals surface area (Å²) in [7, 11) is 0. The highest BCUT2D eigenvalue weighted by atomic mass is 16.3. The van der Waals surface area contributed by atoms with Gasteiger partial charge in [0, 0.05) is 17.7 Å². The van der Waals surface area contributed by atoms with Gasteiger partial charge in [-0.05, 0) is 78.4 Å². The van der Waals surface area contributed by atoms with Crippen molar-refractivity contribution in [3.63, 3.8) is 0 Å². The Kier molecular flexibility index (Phi) is 2.44. The van der Waals surface area contributed by atoms with Crippen LogP contribution in [0.5, 0.6) is 0 Å². The molecule has 0 aliphatic heterocycles. The van der Waals surface area contributed by atoms with Gasteiger partial charge >= 0.3 is 0 Å². The number of hydrogen-bond acceptors (Lipinski definition) is 3. The summed E-state index contributed by atoms with van der Waals surface area (Å²) in [5.41, 5.74) is 5.31. The molecular weight excluding hydrogens is 316 g/mol. The van der Waals surface area contributed by atoms with Gasteiger partial charge in [0.1, 0.15) is 0 Å². The smallest absolute Gasteiger partial charge is 0.251 e. The monoisotopic (exact) mass is 338 g/mol. The fourth-order valence-electron chi connectivity index (χ4n) is 8.10. The van der Waals surface area contributed by atoms with Gasteiger partial charge in [0.2, 0.25) is 5.91 Å². The van der Waals surface area contributed by atoms with Crippen LogP contribution in [0.15, 0.2) is 24.3 Å². The molecule has 5 aliphatic rings. The van der Waals surface area contributed by atoms with Crippen molar-refractivity contribution in [2.24, 2.45) is 53.1 Å². The Labute approximate surface area is 146 Å². The number of nitrogens with two attached hydrogens (primary N) is 1. The maximum Gasteiger partial charge on any atom is 0.251 e. The zero-order valence-corrected chi connectivity index (χ0v) is 13.9. The number of hydrogen-bond donors (Lipinski definition) is 3. The Morgan fingerprint density at radius 3 is 2.60 bits per heavy atom. The van der Waals surface area contributed by atoms with E-state index in [2.05, 4.69) is 5.32 Å². The molecule has 4 N–H and O–H groups in total. The lowest BCUT2D eigenvalue weighted by molar-refractivity contribution is -0.126. The van der Waals surface area contributed by atoms with Crippen molar-refractivity contribution in [1.29, 1.82) is 0 Å². The average molecular weight is 338 g/mol. The first-order valence-corrected chi connectivity index (χ1v) is 9.41. The molecule has 5 fully saturated rings. The second kappa shape index (κ2) is 4.26. The number of carbonyl (C=O) groups is 2. The topological polar surface area (TPSA) is 92.4 Å². The SMILES string of the molecule is NC(=O)c1cccc(C(=O)NCC2(O)C3C4CC5C6C4CC3C6C52)c1. The molecular formula is C20H22N2O3. The van der Waals surface area contributed by atoms with Crippen molar-refractivity contribution in [2.75, 3.05) is 6.54 Å². The minimum Gasteiger partial charge on any atom is -0.387 e. The van der Waals surface area contributed by atoms with Crippen molar-refractivity contribution in [1.82, 2.24) is 5.32 Å². The molecule has 0 heterocycles. The Balaban J connectivity index is 1.23. The summed E-state index contributed by atoms with van der Waals surface area (Å²) in [5.74, 6) is 4.55. The summed E-state index contributed by atoms with van der Waals surface area (Å²) in [5, 5.41) is 14.5. The van der Waals surface area contributed by atoms with Gasteiger partial charge < -0.3 is 16.2 Å². The number of amides is 2. The Hall–Kier alpha value is -1.88. The predicted octanol–water partition coefficient (Wildman–Crippen LogP) is 1.02. The van der Waals surface area contributed by atoms with Crippen molar-refractivity contribution >= 4 is 11.8 Å². The number of fused-ring (bicyclic) bond motifs is 2. The molecule has 5 aliphatic carbocycles. The van der Waals surface area contributed by atoms with E-state index < -0.39 is 11.5 Å². The maximum absolute atomic E-state index is 12.5. The zero-order chi connectivity index (χ0) is 17.1. The molecule has 9 atom stereocenters. The Bertz CT molecular complexity index is 817. The standard InChI is InChI=1S/C20H22N2O3/c21-18(23)8-2-1-3-9(4-8)19(24)22-7-20(25)16-11-6-12-14-10(11)5-13(16)15(14)17(12)20/h1-4,10-17,25H,5-7H2,(H2,21,23)(H,22,24). The molecule has 0 saturated heterocycles. The maximum atomic E-state index is 12.5. The summed E-state index contributed by atoms with van der Waals surface area (Å²) in [6.45, 7) is 0.335. The number of primary amides is 1. The molecule has 2 amide bonds. The van der Waals surface area contributed by atoms with E-state index >= 15 is 0 Å². The highest BCUT2D eigenvalue weighted by Crippen LogP contribution is 2.85. The third kappa shape index (κ3) is 1.47. The normalized spacial score (nSPS) is 49.5. The molecule has 0 spiro atoms. The van der Waals surface area contributed by atoms with E-state index in [0.717, 1.165) is 17.8 Å². The number of rotatable bonds is 4. The van der Waals surface area contributed by atoms with Crippen LogP contribution in [0.2, 0.25) is 0 Å². The lowest BCUT2D eigenvalue weighted by Crippen LogP contribution is -2.59. The van der Waals surface area contributed by atoms with Crippen LogP contribution in [0.25, 0.3) is 0 Å². The van der Waals surface area contributed by atoms with E-state index in [9.17, 15) is 14.7 Å². The molecule has 5 nitrogen and oxygen atoms in total. The molecule has 25 heavy (non-hydrogen) atoms. The van der Waals surface area contributed by atoms with E-state index in [1.807, 2.05) is 0 Å². The van der Waals surface area contributed by atoms with E-state index in [4.69, 9.17) is 5.73 Å². The van der Waals surface area contributed by atoms with Crippen LogP contribution in [0.4, 0.5) is 0 Å². The minimum atomic E-state index is -0.721. The van der Waals surface area contributed by atoms with E-state index in [1.54, 1.807) is 18.2 Å². The van der Waals surface area contributed by atoms with Gasteiger partial charge in [-0.3, -0.25) is 9.59 Å². The first-order chi connectivity index (χ1) is 12.0. The lowest BCUT2D eigenvalue weighted by atomic mass is 9.56. The minimum absolute atomic E-state index is 0.241. The highest BCUT2D eigenvalue weighted by Gasteiger charge is 2.84. The summed E-state index contributed by atoms with van der Waals surface area (Å²) >= 11 is 0. The second-order valence-corrected chi connectivity index (χ2v) is 8.95. The fraction of sp³-hybridized carbons (Fsp3) is 0.600. The summed E-state index contributed by atoms with van der Waals surface area (Å²) < 4.78 is 0. The third-order valence-corrected chi connectivity index (χ3v) is 8.46. The summed E-state index contributed by atoms with van der Waals surface area (Å²) in [6.07, 6.45) is 2.63. The molecule has 2 bridgehead atoms. The van der Waals surface area contributed by atoms with E-state index in [0.29, 0.717) is 47.3 Å². The molecule has 5 saturated carbocycles. The van der Waals surface area contributed by atoms with E-state index in [1.165, 1.54) is 18.9 Å². The van der Waals surface area contributed by atoms with Crippen molar-refractivity contribution in [3.8, 4) is 0 Å². The van der Waals surface area contributed by atoms with Crippen LogP contribution in [0.1, 0.15) is 33.6 Å². The molecule has 130 valence electrons. The van der Waals surface area contributed by atoms with Gasteiger partial charge in [-0.25, -0.2) is 0 Å². The highest BCUT2D eigenvalue weighted by molar-refractivity contribution is 5.99. The van der Waals surface area contributed by atoms with Crippen LogP contribution >= 0.6 is 0 Å². The molecule has 5 heteroatoms. The Morgan fingerprint density at radius 1 is 1.08 bits per heavy atom. The van der Waals surface area contributed by atoms with E-state index in [-0.39, 0.29) is 5.91 Å². The molecule has 9 unspecified atom stereocenters. The number of nitrogens with one attached hydrogen (secondary N) is 1. The number of aliphatic hydroxyl groups is 1. The van der Waals surface area contributed by atoms with Crippen LogP contribution in [-0.4, -0.2) is 29.1 Å². The van der Waals surface area contributed by atoms with Gasteiger partial charge in [-0.2, -0.15) is 0 Å². The van der Waals surface area contributed by atoms with Gasteiger partial charge in [0.25, 0.3) is 5.91 Å². The van der Waals surface area contributed by atoms with Crippen molar-refractivity contribution in [3.05, 3.63) is 35.4 Å². The average Bonchev–Trinajstić information content (AvgIpc) is 3.11. The number of carbonyl (C=O) groups excluding carboxylic acids is 2. The third-order valence-electron chi connectivity index (χ3n) is 8.46. The molecule has 1 aromatic carbocycles. The second-order valence-electron chi connectivity index (χ2n) is 8.95. The predicted molar refractivity (Wildman–Crippen MR) is 89.4 cm³/mol. The van der Waals surface area contributed by atoms with Gasteiger partial charge in [0.15, 0.2) is 0 Å². The van der Waals surface area contributed by atoms with Gasteiger partial charge in [0.05, 0.1) is 5.60 Å². The first-order valence-electron chi connectivity index (χ1n) is 9.41. The van der Waals surface area contributed by atoms with Gasteiger partial charge in [-0.1, -0.05) is 6.07 Å². The largest absolute Gasteiger partial charge is 0.387 e. The summed E-state index contributed by atoms with van der Waals surface area (Å²) in [6, 6.07) is 6.45. The number of benzene rings is 1.